The molecule has 2 heterocycles. The second-order valence-corrected chi connectivity index (χ2v) is 7.61. The van der Waals surface area contributed by atoms with Gasteiger partial charge < -0.3 is 15.1 Å². The summed E-state index contributed by atoms with van der Waals surface area (Å²) in [6.45, 7) is 3.34. The minimum Gasteiger partial charge on any atom is -0.351 e. The first-order valence-electron chi connectivity index (χ1n) is 9.06. The van der Waals surface area contributed by atoms with Crippen LogP contribution in [-0.4, -0.2) is 54.0 Å². The van der Waals surface area contributed by atoms with Crippen LogP contribution in [0.4, 0.5) is 4.79 Å². The minimum absolute atomic E-state index is 0.160. The van der Waals surface area contributed by atoms with Crippen LogP contribution in [0.15, 0.2) is 0 Å². The molecule has 22 heavy (non-hydrogen) atoms. The summed E-state index contributed by atoms with van der Waals surface area (Å²) in [5.74, 6) is 2.04. The van der Waals surface area contributed by atoms with E-state index in [1.54, 1.807) is 0 Å². The number of amides is 3. The molecule has 1 N–H and O–H groups in total. The summed E-state index contributed by atoms with van der Waals surface area (Å²) in [5, 5.41) is 3.22. The van der Waals surface area contributed by atoms with Gasteiger partial charge in [0.15, 0.2) is 0 Å². The zero-order chi connectivity index (χ0) is 15.1. The van der Waals surface area contributed by atoms with E-state index in [0.717, 1.165) is 57.7 Å². The monoisotopic (exact) mass is 305 g/mol. The number of hydrogen-bond acceptors (Lipinski definition) is 2. The Hall–Kier alpha value is -1.26. The predicted octanol–water partition coefficient (Wildman–Crippen LogP) is 1.83. The lowest BCUT2D eigenvalue weighted by Crippen LogP contribution is -2.53. The Morgan fingerprint density at radius 1 is 0.909 bits per heavy atom. The number of urea groups is 1. The molecule has 3 atom stereocenters. The third-order valence-electron chi connectivity index (χ3n) is 5.82. The number of piperidine rings is 1. The average molecular weight is 305 g/mol. The van der Waals surface area contributed by atoms with Gasteiger partial charge >= 0.3 is 6.03 Å². The maximum absolute atomic E-state index is 12.5. The number of carbonyl (C=O) groups excluding carboxylic acids is 2. The molecule has 0 aromatic heterocycles. The summed E-state index contributed by atoms with van der Waals surface area (Å²) in [6.07, 6.45) is 8.02. The van der Waals surface area contributed by atoms with Gasteiger partial charge in [0.05, 0.1) is 0 Å². The molecule has 0 spiro atoms. The fourth-order valence-electron chi connectivity index (χ4n) is 4.25. The third-order valence-corrected chi connectivity index (χ3v) is 5.82. The van der Waals surface area contributed by atoms with Crippen LogP contribution in [0.3, 0.4) is 0 Å². The number of nitrogens with zero attached hydrogens (tertiary/aromatic N) is 2. The lowest BCUT2D eigenvalue weighted by Gasteiger charge is -2.35. The third kappa shape index (κ3) is 2.95. The smallest absolute Gasteiger partial charge is 0.320 e. The Balaban J connectivity index is 1.27. The predicted molar refractivity (Wildman–Crippen MR) is 83.3 cm³/mol. The molecule has 0 bridgehead atoms. The van der Waals surface area contributed by atoms with E-state index in [-0.39, 0.29) is 23.9 Å². The SMILES string of the molecule is O=C(NC1CCCN(C(=O)N2CCCC2)C1)[C@H]1C[C@@H]1C1CC1. The van der Waals surface area contributed by atoms with Gasteiger partial charge in [-0.3, -0.25) is 4.79 Å². The molecule has 5 heteroatoms. The van der Waals surface area contributed by atoms with Crippen LogP contribution in [0.2, 0.25) is 0 Å². The zero-order valence-corrected chi connectivity index (χ0v) is 13.3. The van der Waals surface area contributed by atoms with E-state index in [1.807, 2.05) is 9.80 Å². The van der Waals surface area contributed by atoms with Gasteiger partial charge in [-0.2, -0.15) is 0 Å². The molecular formula is C17H27N3O2. The minimum atomic E-state index is 0.160. The van der Waals surface area contributed by atoms with E-state index in [2.05, 4.69) is 5.32 Å². The van der Waals surface area contributed by atoms with Gasteiger partial charge in [-0.05, 0) is 56.8 Å². The Morgan fingerprint density at radius 3 is 2.36 bits per heavy atom. The van der Waals surface area contributed by atoms with Crippen molar-refractivity contribution < 1.29 is 9.59 Å². The highest BCUT2D eigenvalue weighted by Crippen LogP contribution is 2.54. The van der Waals surface area contributed by atoms with Crippen LogP contribution >= 0.6 is 0 Å². The van der Waals surface area contributed by atoms with Gasteiger partial charge in [0, 0.05) is 38.1 Å². The molecule has 4 fully saturated rings. The highest BCUT2D eigenvalue weighted by Gasteiger charge is 2.51. The molecule has 2 saturated heterocycles. The van der Waals surface area contributed by atoms with Crippen molar-refractivity contribution in [3.05, 3.63) is 0 Å². The molecule has 2 aliphatic heterocycles. The summed E-state index contributed by atoms with van der Waals surface area (Å²) in [7, 11) is 0. The van der Waals surface area contributed by atoms with Gasteiger partial charge in [-0.15, -0.1) is 0 Å². The highest BCUT2D eigenvalue weighted by molar-refractivity contribution is 5.82. The number of hydrogen-bond donors (Lipinski definition) is 1. The fraction of sp³-hybridized carbons (Fsp3) is 0.882. The summed E-state index contributed by atoms with van der Waals surface area (Å²) < 4.78 is 0. The highest BCUT2D eigenvalue weighted by atomic mass is 16.2. The maximum atomic E-state index is 12.5. The summed E-state index contributed by atoms with van der Waals surface area (Å²) in [6, 6.07) is 0.340. The van der Waals surface area contributed by atoms with Crippen molar-refractivity contribution >= 4 is 11.9 Å². The van der Waals surface area contributed by atoms with Gasteiger partial charge in [-0.25, -0.2) is 4.79 Å². The van der Waals surface area contributed by atoms with Crippen LogP contribution in [0.5, 0.6) is 0 Å². The van der Waals surface area contributed by atoms with Crippen molar-refractivity contribution in [1.82, 2.24) is 15.1 Å². The van der Waals surface area contributed by atoms with Crippen LogP contribution in [0, 0.1) is 17.8 Å². The fourth-order valence-corrected chi connectivity index (χ4v) is 4.25. The Labute approximate surface area is 132 Å². The van der Waals surface area contributed by atoms with Crippen molar-refractivity contribution in [3.8, 4) is 0 Å². The van der Waals surface area contributed by atoms with Gasteiger partial charge in [0.1, 0.15) is 0 Å². The van der Waals surface area contributed by atoms with Crippen LogP contribution < -0.4 is 5.32 Å². The first kappa shape index (κ1) is 14.3. The van der Waals surface area contributed by atoms with Crippen LogP contribution in [-0.2, 0) is 4.79 Å². The quantitative estimate of drug-likeness (QED) is 0.865. The largest absolute Gasteiger partial charge is 0.351 e. The molecule has 4 rings (SSSR count). The van der Waals surface area contributed by atoms with Gasteiger partial charge in [0.2, 0.25) is 5.91 Å². The summed E-state index contributed by atoms with van der Waals surface area (Å²) in [5.41, 5.74) is 0. The van der Waals surface area contributed by atoms with Crippen LogP contribution in [0.25, 0.3) is 0 Å². The first-order valence-corrected chi connectivity index (χ1v) is 9.06. The van der Waals surface area contributed by atoms with E-state index in [0.29, 0.717) is 12.5 Å². The molecule has 0 radical (unpaired) electrons. The normalized spacial score (nSPS) is 34.6. The number of nitrogens with one attached hydrogen (secondary N) is 1. The van der Waals surface area contributed by atoms with E-state index in [4.69, 9.17) is 0 Å². The van der Waals surface area contributed by atoms with Crippen LogP contribution in [0.1, 0.15) is 44.9 Å². The molecular weight excluding hydrogens is 278 g/mol. The average Bonchev–Trinajstić information content (AvgIpc) is 3.43. The molecule has 0 aromatic rings. The van der Waals surface area contributed by atoms with Crippen molar-refractivity contribution in [2.24, 2.45) is 17.8 Å². The molecule has 5 nitrogen and oxygen atoms in total. The molecule has 3 amide bonds. The molecule has 4 aliphatic rings. The second-order valence-electron chi connectivity index (χ2n) is 7.61. The number of rotatable bonds is 3. The molecule has 122 valence electrons. The summed E-state index contributed by atoms with van der Waals surface area (Å²) in [4.78, 5) is 28.7. The summed E-state index contributed by atoms with van der Waals surface area (Å²) >= 11 is 0. The van der Waals surface area contributed by atoms with E-state index in [9.17, 15) is 9.59 Å². The second kappa shape index (κ2) is 5.74. The number of carbonyl (C=O) groups is 2. The molecule has 2 aliphatic carbocycles. The van der Waals surface area contributed by atoms with Crippen molar-refractivity contribution in [2.75, 3.05) is 26.2 Å². The Morgan fingerprint density at radius 2 is 1.64 bits per heavy atom. The molecule has 0 aromatic carbocycles. The Kier molecular flexibility index (Phi) is 3.74. The van der Waals surface area contributed by atoms with E-state index in [1.165, 1.54) is 12.8 Å². The standard InChI is InChI=1S/C17H27N3O2/c21-16(15-10-14(15)12-5-6-12)18-13-4-3-9-20(11-13)17(22)19-7-1-2-8-19/h12-15H,1-11H2,(H,18,21)/t13?,14-,15+/m1/s1. The Bertz CT molecular complexity index is 457. The van der Waals surface area contributed by atoms with E-state index >= 15 is 0 Å². The van der Waals surface area contributed by atoms with Crippen molar-refractivity contribution in [1.29, 1.82) is 0 Å². The lowest BCUT2D eigenvalue weighted by atomic mass is 10.1. The van der Waals surface area contributed by atoms with Gasteiger partial charge in [-0.1, -0.05) is 0 Å². The first-order chi connectivity index (χ1) is 10.7. The van der Waals surface area contributed by atoms with E-state index < -0.39 is 0 Å². The van der Waals surface area contributed by atoms with Crippen molar-refractivity contribution in [3.63, 3.8) is 0 Å². The maximum Gasteiger partial charge on any atom is 0.320 e. The van der Waals surface area contributed by atoms with Crippen molar-refractivity contribution in [2.45, 2.75) is 51.0 Å². The van der Waals surface area contributed by atoms with Gasteiger partial charge in [0.25, 0.3) is 0 Å². The number of likely N-dealkylation sites (tertiary alicyclic amines) is 2. The topological polar surface area (TPSA) is 52.7 Å². The molecule has 2 saturated carbocycles. The lowest BCUT2D eigenvalue weighted by molar-refractivity contribution is -0.123. The zero-order valence-electron chi connectivity index (χ0n) is 13.3. The molecule has 1 unspecified atom stereocenters.